The molecule has 92 valence electrons. The van der Waals surface area contributed by atoms with Crippen LogP contribution in [0.2, 0.25) is 0 Å². The first-order chi connectivity index (χ1) is 6.77. The smallest absolute Gasteiger partial charge is 0.0537 e. The average Bonchev–Trinajstić information content (AvgIpc) is 2.14. The Bertz CT molecular complexity index is 170. The Morgan fingerprint density at radius 1 is 0.933 bits per heavy atom. The van der Waals surface area contributed by atoms with Crippen LogP contribution in [0.3, 0.4) is 0 Å². The number of hydrogen-bond donors (Lipinski definition) is 1. The van der Waals surface area contributed by atoms with Gasteiger partial charge in [-0.25, -0.2) is 0 Å². The van der Waals surface area contributed by atoms with Crippen LogP contribution in [0.25, 0.3) is 0 Å². The summed E-state index contributed by atoms with van der Waals surface area (Å²) in [6, 6.07) is 0. The zero-order valence-corrected chi connectivity index (χ0v) is 11.6. The van der Waals surface area contributed by atoms with E-state index in [-0.39, 0.29) is 6.10 Å². The second-order valence-corrected chi connectivity index (χ2v) is 6.12. The Labute approximate surface area is 96.3 Å². The van der Waals surface area contributed by atoms with Gasteiger partial charge < -0.3 is 5.11 Å². The maximum absolute atomic E-state index is 9.62. The zero-order chi connectivity index (χ0) is 12.1. The predicted molar refractivity (Wildman–Crippen MR) is 68.0 cm³/mol. The van der Waals surface area contributed by atoms with Crippen LogP contribution in [0.15, 0.2) is 0 Å². The van der Waals surface area contributed by atoms with Crippen LogP contribution in [0.1, 0.15) is 73.6 Å². The fraction of sp³-hybridized carbons (Fsp3) is 1.00. The third-order valence-electron chi connectivity index (χ3n) is 4.28. The molecule has 0 aliphatic heterocycles. The van der Waals surface area contributed by atoms with E-state index in [0.717, 1.165) is 19.3 Å². The van der Waals surface area contributed by atoms with E-state index in [4.69, 9.17) is 0 Å². The minimum atomic E-state index is -0.110. The molecule has 0 radical (unpaired) electrons. The number of rotatable bonds is 7. The highest BCUT2D eigenvalue weighted by Crippen LogP contribution is 2.45. The zero-order valence-electron chi connectivity index (χ0n) is 11.6. The maximum atomic E-state index is 9.62. The van der Waals surface area contributed by atoms with Crippen LogP contribution in [-0.2, 0) is 0 Å². The highest BCUT2D eigenvalue weighted by atomic mass is 16.3. The molecule has 0 fully saturated rings. The van der Waals surface area contributed by atoms with Crippen molar-refractivity contribution in [2.75, 3.05) is 0 Å². The molecule has 0 amide bonds. The molecule has 0 aliphatic rings. The van der Waals surface area contributed by atoms with Gasteiger partial charge in [0.2, 0.25) is 0 Å². The minimum Gasteiger partial charge on any atom is -0.393 e. The summed E-state index contributed by atoms with van der Waals surface area (Å²) in [6.07, 6.45) is 5.34. The van der Waals surface area contributed by atoms with Crippen LogP contribution in [0.5, 0.6) is 0 Å². The normalized spacial score (nSPS) is 15.4. The lowest BCUT2D eigenvalue weighted by atomic mass is 9.63. The third kappa shape index (κ3) is 4.55. The summed E-state index contributed by atoms with van der Waals surface area (Å²) in [7, 11) is 0. The molecule has 0 aromatic carbocycles. The van der Waals surface area contributed by atoms with Crippen molar-refractivity contribution in [2.24, 2.45) is 10.8 Å². The number of aliphatic hydroxyl groups is 1. The summed E-state index contributed by atoms with van der Waals surface area (Å²) in [5, 5.41) is 9.62. The van der Waals surface area contributed by atoms with E-state index in [2.05, 4.69) is 41.5 Å². The molecule has 0 spiro atoms. The molecule has 0 rings (SSSR count). The summed E-state index contributed by atoms with van der Waals surface area (Å²) in [4.78, 5) is 0. The van der Waals surface area contributed by atoms with Crippen molar-refractivity contribution in [3.8, 4) is 0 Å². The minimum absolute atomic E-state index is 0.110. The largest absolute Gasteiger partial charge is 0.393 e. The van der Waals surface area contributed by atoms with Gasteiger partial charge in [-0.05, 0) is 36.5 Å². The molecule has 0 heterocycles. The van der Waals surface area contributed by atoms with Gasteiger partial charge in [-0.15, -0.1) is 0 Å². The van der Waals surface area contributed by atoms with Gasteiger partial charge in [-0.2, -0.15) is 0 Å². The standard InChI is InChI=1S/C14H30O/c1-7-10-13(3,4)14(5,6)11-9-12(15)8-2/h12,15H,7-11H2,1-6H3. The van der Waals surface area contributed by atoms with Crippen molar-refractivity contribution >= 4 is 0 Å². The van der Waals surface area contributed by atoms with E-state index in [9.17, 15) is 5.11 Å². The van der Waals surface area contributed by atoms with E-state index in [1.165, 1.54) is 12.8 Å². The molecule has 0 aromatic rings. The Morgan fingerprint density at radius 2 is 1.40 bits per heavy atom. The number of aliphatic hydroxyl groups excluding tert-OH is 1. The van der Waals surface area contributed by atoms with Gasteiger partial charge >= 0.3 is 0 Å². The lowest BCUT2D eigenvalue weighted by Crippen LogP contribution is -2.33. The van der Waals surface area contributed by atoms with Gasteiger partial charge in [0.05, 0.1) is 6.10 Å². The Morgan fingerprint density at radius 3 is 1.80 bits per heavy atom. The number of hydrogen-bond acceptors (Lipinski definition) is 1. The first-order valence-corrected chi connectivity index (χ1v) is 6.45. The molecule has 1 N–H and O–H groups in total. The lowest BCUT2D eigenvalue weighted by molar-refractivity contribution is 0.0603. The lowest BCUT2D eigenvalue weighted by Gasteiger charge is -2.42. The summed E-state index contributed by atoms with van der Waals surface area (Å²) < 4.78 is 0. The Balaban J connectivity index is 4.26. The molecule has 1 nitrogen and oxygen atoms in total. The van der Waals surface area contributed by atoms with Crippen molar-refractivity contribution in [3.63, 3.8) is 0 Å². The van der Waals surface area contributed by atoms with E-state index >= 15 is 0 Å². The van der Waals surface area contributed by atoms with E-state index in [0.29, 0.717) is 10.8 Å². The Hall–Kier alpha value is -0.0400. The molecular formula is C14H30O. The highest BCUT2D eigenvalue weighted by molar-refractivity contribution is 4.86. The molecule has 0 aliphatic carbocycles. The SMILES string of the molecule is CCCC(C)(C)C(C)(C)CCC(O)CC. The summed E-state index contributed by atoms with van der Waals surface area (Å²) >= 11 is 0. The van der Waals surface area contributed by atoms with Crippen molar-refractivity contribution in [3.05, 3.63) is 0 Å². The molecule has 15 heavy (non-hydrogen) atoms. The van der Waals surface area contributed by atoms with Crippen molar-refractivity contribution in [1.29, 1.82) is 0 Å². The van der Waals surface area contributed by atoms with Crippen LogP contribution >= 0.6 is 0 Å². The van der Waals surface area contributed by atoms with Crippen LogP contribution < -0.4 is 0 Å². The summed E-state index contributed by atoms with van der Waals surface area (Å²) in [6.45, 7) is 13.7. The van der Waals surface area contributed by atoms with Gasteiger partial charge in [0.1, 0.15) is 0 Å². The van der Waals surface area contributed by atoms with Crippen LogP contribution in [0, 0.1) is 10.8 Å². The fourth-order valence-corrected chi connectivity index (χ4v) is 2.03. The van der Waals surface area contributed by atoms with Crippen molar-refractivity contribution in [1.82, 2.24) is 0 Å². The van der Waals surface area contributed by atoms with Gasteiger partial charge in [0, 0.05) is 0 Å². The second-order valence-electron chi connectivity index (χ2n) is 6.12. The molecule has 0 aromatic heterocycles. The van der Waals surface area contributed by atoms with Crippen LogP contribution in [0.4, 0.5) is 0 Å². The highest BCUT2D eigenvalue weighted by Gasteiger charge is 2.35. The van der Waals surface area contributed by atoms with Gasteiger partial charge in [-0.1, -0.05) is 48.0 Å². The van der Waals surface area contributed by atoms with Crippen molar-refractivity contribution in [2.45, 2.75) is 79.8 Å². The second kappa shape index (κ2) is 5.89. The van der Waals surface area contributed by atoms with Gasteiger partial charge in [-0.3, -0.25) is 0 Å². The molecule has 0 saturated carbocycles. The predicted octanol–water partition coefficient (Wildman–Crippen LogP) is 4.39. The monoisotopic (exact) mass is 214 g/mol. The quantitative estimate of drug-likeness (QED) is 0.666. The van der Waals surface area contributed by atoms with E-state index < -0.39 is 0 Å². The molecule has 0 bridgehead atoms. The maximum Gasteiger partial charge on any atom is 0.0537 e. The van der Waals surface area contributed by atoms with Crippen LogP contribution in [-0.4, -0.2) is 11.2 Å². The first kappa shape index (κ1) is 15.0. The molecule has 0 saturated heterocycles. The third-order valence-corrected chi connectivity index (χ3v) is 4.28. The van der Waals surface area contributed by atoms with E-state index in [1.54, 1.807) is 0 Å². The average molecular weight is 214 g/mol. The van der Waals surface area contributed by atoms with E-state index in [1.807, 2.05) is 0 Å². The van der Waals surface area contributed by atoms with Gasteiger partial charge in [0.15, 0.2) is 0 Å². The summed E-state index contributed by atoms with van der Waals surface area (Å²) in [5.74, 6) is 0. The molecule has 1 atom stereocenters. The Kier molecular flexibility index (Phi) is 5.87. The van der Waals surface area contributed by atoms with Gasteiger partial charge in [0.25, 0.3) is 0 Å². The topological polar surface area (TPSA) is 20.2 Å². The van der Waals surface area contributed by atoms with Crippen molar-refractivity contribution < 1.29 is 5.11 Å². The molecule has 1 heteroatoms. The fourth-order valence-electron chi connectivity index (χ4n) is 2.03. The summed E-state index contributed by atoms with van der Waals surface area (Å²) in [5.41, 5.74) is 0.689. The first-order valence-electron chi connectivity index (χ1n) is 6.45. The molecular weight excluding hydrogens is 184 g/mol. The molecule has 1 unspecified atom stereocenters.